The first-order chi connectivity index (χ1) is 7.19. The minimum Gasteiger partial charge on any atom is -0.496 e. The van der Waals surface area contributed by atoms with Crippen LogP contribution in [-0.2, 0) is 4.79 Å². The van der Waals surface area contributed by atoms with Crippen LogP contribution >= 0.6 is 0 Å². The van der Waals surface area contributed by atoms with Crippen molar-refractivity contribution in [1.29, 1.82) is 5.26 Å². The number of carbonyl (C=O) groups excluding carboxylic acids is 1. The smallest absolute Gasteiger partial charge is 0.218 e. The van der Waals surface area contributed by atoms with E-state index in [2.05, 4.69) is 5.32 Å². The number of hydrogen-bond donors (Lipinski definition) is 1. The van der Waals surface area contributed by atoms with Crippen LogP contribution in [0.25, 0.3) is 0 Å². The van der Waals surface area contributed by atoms with Crippen molar-refractivity contribution in [2.75, 3.05) is 7.11 Å². The Morgan fingerprint density at radius 2 is 2.20 bits per heavy atom. The number of hydrogen-bond acceptors (Lipinski definition) is 3. The first-order valence-corrected chi connectivity index (χ1v) is 4.48. The van der Waals surface area contributed by atoms with Gasteiger partial charge >= 0.3 is 0 Å². The number of rotatable bonds is 3. The van der Waals surface area contributed by atoms with Crippen molar-refractivity contribution in [3.8, 4) is 11.8 Å². The summed E-state index contributed by atoms with van der Waals surface area (Å²) in [5.74, 6) is 0.352. The van der Waals surface area contributed by atoms with Crippen molar-refractivity contribution in [1.82, 2.24) is 5.32 Å². The summed E-state index contributed by atoms with van der Waals surface area (Å²) in [6.07, 6.45) is 0. The van der Waals surface area contributed by atoms with Gasteiger partial charge in [-0.15, -0.1) is 0 Å². The summed E-state index contributed by atoms with van der Waals surface area (Å²) in [5.41, 5.74) is 0.665. The van der Waals surface area contributed by atoms with E-state index in [4.69, 9.17) is 10.00 Å². The molecule has 4 heteroatoms. The van der Waals surface area contributed by atoms with E-state index in [1.165, 1.54) is 14.0 Å². The number of nitriles is 1. The van der Waals surface area contributed by atoms with Gasteiger partial charge in [-0.2, -0.15) is 5.26 Å². The summed E-state index contributed by atoms with van der Waals surface area (Å²) in [6.45, 7) is 1.37. The molecule has 15 heavy (non-hydrogen) atoms. The molecule has 1 amide bonds. The molecule has 0 saturated heterocycles. The van der Waals surface area contributed by atoms with Crippen molar-refractivity contribution in [2.45, 2.75) is 13.0 Å². The van der Waals surface area contributed by atoms with Crippen LogP contribution in [0, 0.1) is 11.3 Å². The van der Waals surface area contributed by atoms with E-state index in [1.807, 2.05) is 12.1 Å². The molecule has 0 spiro atoms. The molecular formula is C11H12N2O2. The molecule has 0 aromatic heterocycles. The topological polar surface area (TPSA) is 62.1 Å². The molecule has 1 aromatic rings. The number of nitrogens with one attached hydrogen (secondary N) is 1. The summed E-state index contributed by atoms with van der Waals surface area (Å²) in [4.78, 5) is 10.9. The van der Waals surface area contributed by atoms with Crippen LogP contribution < -0.4 is 10.1 Å². The first kappa shape index (κ1) is 11.1. The molecule has 0 aliphatic carbocycles. The zero-order valence-electron chi connectivity index (χ0n) is 8.65. The third-order valence-electron chi connectivity index (χ3n) is 1.93. The highest BCUT2D eigenvalue weighted by molar-refractivity contribution is 5.74. The molecule has 1 unspecified atom stereocenters. The number of nitrogens with zero attached hydrogens (tertiary/aromatic N) is 1. The van der Waals surface area contributed by atoms with Crippen molar-refractivity contribution >= 4 is 5.91 Å². The van der Waals surface area contributed by atoms with Crippen molar-refractivity contribution < 1.29 is 9.53 Å². The zero-order valence-corrected chi connectivity index (χ0v) is 8.65. The van der Waals surface area contributed by atoms with E-state index < -0.39 is 6.04 Å². The average Bonchev–Trinajstić information content (AvgIpc) is 2.25. The molecule has 0 heterocycles. The fraction of sp³-hybridized carbons (Fsp3) is 0.273. The Labute approximate surface area is 88.5 Å². The second kappa shape index (κ2) is 5.01. The minimum absolute atomic E-state index is 0.243. The maximum Gasteiger partial charge on any atom is 0.218 e. The molecule has 0 bridgehead atoms. The fourth-order valence-electron chi connectivity index (χ4n) is 1.29. The van der Waals surface area contributed by atoms with Gasteiger partial charge in [0.05, 0.1) is 13.2 Å². The summed E-state index contributed by atoms with van der Waals surface area (Å²) >= 11 is 0. The van der Waals surface area contributed by atoms with E-state index >= 15 is 0 Å². The lowest BCUT2D eigenvalue weighted by molar-refractivity contribution is -0.119. The van der Waals surface area contributed by atoms with Crippen LogP contribution in [0.4, 0.5) is 0 Å². The van der Waals surface area contributed by atoms with Gasteiger partial charge in [-0.25, -0.2) is 0 Å². The minimum atomic E-state index is -0.668. The lowest BCUT2D eigenvalue weighted by Gasteiger charge is -2.13. The van der Waals surface area contributed by atoms with Crippen LogP contribution in [0.3, 0.4) is 0 Å². The molecular weight excluding hydrogens is 192 g/mol. The molecule has 0 saturated carbocycles. The van der Waals surface area contributed by atoms with Crippen LogP contribution in [0.5, 0.6) is 5.75 Å². The molecule has 1 N–H and O–H groups in total. The van der Waals surface area contributed by atoms with Gasteiger partial charge in [0.1, 0.15) is 11.8 Å². The van der Waals surface area contributed by atoms with Crippen molar-refractivity contribution in [3.05, 3.63) is 29.8 Å². The average molecular weight is 204 g/mol. The summed E-state index contributed by atoms with van der Waals surface area (Å²) in [6, 6.07) is 8.45. The fourth-order valence-corrected chi connectivity index (χ4v) is 1.29. The maximum atomic E-state index is 10.9. The quantitative estimate of drug-likeness (QED) is 0.809. The summed E-state index contributed by atoms with van der Waals surface area (Å²) in [7, 11) is 1.53. The highest BCUT2D eigenvalue weighted by atomic mass is 16.5. The van der Waals surface area contributed by atoms with E-state index in [0.29, 0.717) is 11.3 Å². The van der Waals surface area contributed by atoms with Gasteiger partial charge in [0.25, 0.3) is 0 Å². The summed E-state index contributed by atoms with van der Waals surface area (Å²) in [5, 5.41) is 11.5. The molecule has 78 valence electrons. The lowest BCUT2D eigenvalue weighted by atomic mass is 10.1. The Kier molecular flexibility index (Phi) is 3.69. The molecule has 4 nitrogen and oxygen atoms in total. The van der Waals surface area contributed by atoms with E-state index in [9.17, 15) is 4.79 Å². The van der Waals surface area contributed by atoms with Crippen LogP contribution in [0.15, 0.2) is 24.3 Å². The Hall–Kier alpha value is -2.02. The third-order valence-corrected chi connectivity index (χ3v) is 1.93. The number of carbonyl (C=O) groups is 1. The second-order valence-electron chi connectivity index (χ2n) is 3.00. The van der Waals surface area contributed by atoms with Crippen molar-refractivity contribution in [2.24, 2.45) is 0 Å². The van der Waals surface area contributed by atoms with Gasteiger partial charge in [-0.3, -0.25) is 4.79 Å². The van der Waals surface area contributed by atoms with Gasteiger partial charge in [0, 0.05) is 12.5 Å². The first-order valence-electron chi connectivity index (χ1n) is 4.48. The normalized spacial score (nSPS) is 11.3. The van der Waals surface area contributed by atoms with Crippen LogP contribution in [-0.4, -0.2) is 13.0 Å². The predicted molar refractivity (Wildman–Crippen MR) is 55.2 cm³/mol. The molecule has 1 atom stereocenters. The number of methoxy groups -OCH3 is 1. The molecule has 1 aromatic carbocycles. The third kappa shape index (κ3) is 2.71. The lowest BCUT2D eigenvalue weighted by Crippen LogP contribution is -2.25. The Balaban J connectivity index is 3.02. The van der Waals surface area contributed by atoms with Crippen LogP contribution in [0.1, 0.15) is 18.5 Å². The Morgan fingerprint density at radius 3 is 2.73 bits per heavy atom. The Bertz CT molecular complexity index is 396. The number of benzene rings is 1. The van der Waals surface area contributed by atoms with E-state index in [0.717, 1.165) is 0 Å². The molecule has 0 radical (unpaired) electrons. The monoisotopic (exact) mass is 204 g/mol. The number of ether oxygens (including phenoxy) is 1. The molecule has 0 aliphatic rings. The van der Waals surface area contributed by atoms with Gasteiger partial charge in [-0.05, 0) is 6.07 Å². The number of para-hydroxylation sites is 1. The second-order valence-corrected chi connectivity index (χ2v) is 3.00. The van der Waals surface area contributed by atoms with Gasteiger partial charge < -0.3 is 10.1 Å². The Morgan fingerprint density at radius 1 is 1.53 bits per heavy atom. The van der Waals surface area contributed by atoms with Crippen molar-refractivity contribution in [3.63, 3.8) is 0 Å². The predicted octanol–water partition coefficient (Wildman–Crippen LogP) is 1.40. The van der Waals surface area contributed by atoms with E-state index in [-0.39, 0.29) is 5.91 Å². The summed E-state index contributed by atoms with van der Waals surface area (Å²) < 4.78 is 5.11. The molecule has 0 aliphatic heterocycles. The molecule has 0 fully saturated rings. The molecule has 1 rings (SSSR count). The van der Waals surface area contributed by atoms with Crippen LogP contribution in [0.2, 0.25) is 0 Å². The number of amides is 1. The largest absolute Gasteiger partial charge is 0.496 e. The maximum absolute atomic E-state index is 10.9. The van der Waals surface area contributed by atoms with E-state index in [1.54, 1.807) is 18.2 Å². The van der Waals surface area contributed by atoms with Gasteiger partial charge in [0.15, 0.2) is 0 Å². The standard InChI is InChI=1S/C11H12N2O2/c1-8(14)13-10(7-12)9-5-3-4-6-11(9)15-2/h3-6,10H,1-2H3,(H,13,14). The highest BCUT2D eigenvalue weighted by Gasteiger charge is 2.15. The van der Waals surface area contributed by atoms with Gasteiger partial charge in [0.2, 0.25) is 5.91 Å². The van der Waals surface area contributed by atoms with Gasteiger partial charge in [-0.1, -0.05) is 18.2 Å². The zero-order chi connectivity index (χ0) is 11.3. The highest BCUT2D eigenvalue weighted by Crippen LogP contribution is 2.23. The SMILES string of the molecule is COc1ccccc1C(C#N)NC(C)=O.